The van der Waals surface area contributed by atoms with Crippen molar-refractivity contribution in [1.29, 1.82) is 0 Å². The average molecular weight is 427 g/mol. The molecule has 1 saturated heterocycles. The Morgan fingerprint density at radius 2 is 2.03 bits per heavy atom. The lowest BCUT2D eigenvalue weighted by atomic mass is 9.75. The number of allylic oxidation sites excluding steroid dienone is 3. The Bertz CT molecular complexity index is 941. The molecule has 0 saturated carbocycles. The molecule has 2 aliphatic heterocycles. The lowest BCUT2D eigenvalue weighted by Gasteiger charge is -2.34. The first kappa shape index (κ1) is 21.4. The van der Waals surface area contributed by atoms with Crippen LogP contribution in [-0.2, 0) is 19.1 Å². The Morgan fingerprint density at radius 1 is 1.19 bits per heavy atom. The van der Waals surface area contributed by atoms with Crippen LogP contribution in [0, 0.1) is 0 Å². The molecule has 7 nitrogen and oxygen atoms in total. The summed E-state index contributed by atoms with van der Waals surface area (Å²) in [7, 11) is 3.17. The maximum Gasteiger partial charge on any atom is 0.336 e. The number of hydrogen-bond donors (Lipinski definition) is 1. The summed E-state index contributed by atoms with van der Waals surface area (Å²) in [6.07, 6.45) is 3.79. The molecule has 2 heterocycles. The van der Waals surface area contributed by atoms with Crippen LogP contribution in [0.3, 0.4) is 0 Å². The molecular weight excluding hydrogens is 398 g/mol. The molecule has 0 amide bonds. The summed E-state index contributed by atoms with van der Waals surface area (Å²) >= 11 is 0. The number of hydrogen-bond acceptors (Lipinski definition) is 7. The lowest BCUT2D eigenvalue weighted by molar-refractivity contribution is -0.142. The van der Waals surface area contributed by atoms with Crippen molar-refractivity contribution in [3.8, 4) is 11.5 Å². The van der Waals surface area contributed by atoms with Crippen LogP contribution in [0.25, 0.3) is 0 Å². The van der Waals surface area contributed by atoms with Gasteiger partial charge in [-0.1, -0.05) is 0 Å². The molecule has 3 aliphatic rings. The molecule has 0 radical (unpaired) electrons. The van der Waals surface area contributed by atoms with Crippen molar-refractivity contribution in [2.24, 2.45) is 0 Å². The Labute approximate surface area is 182 Å². The van der Waals surface area contributed by atoms with Gasteiger partial charge in [-0.15, -0.1) is 0 Å². The van der Waals surface area contributed by atoms with Crippen molar-refractivity contribution in [3.05, 3.63) is 46.3 Å². The Balaban J connectivity index is 1.77. The fraction of sp³-hybridized carbons (Fsp3) is 0.500. The van der Waals surface area contributed by atoms with Gasteiger partial charge in [-0.05, 0) is 50.8 Å². The summed E-state index contributed by atoms with van der Waals surface area (Å²) in [5.41, 5.74) is 3.33. The Hall–Kier alpha value is -2.80. The quantitative estimate of drug-likeness (QED) is 0.697. The molecule has 166 valence electrons. The normalized spacial score (nSPS) is 23.4. The topological polar surface area (TPSA) is 83.1 Å². The first-order chi connectivity index (χ1) is 15.0. The highest BCUT2D eigenvalue weighted by molar-refractivity contribution is 6.04. The van der Waals surface area contributed by atoms with E-state index in [9.17, 15) is 9.59 Å². The number of carbonyl (C=O) groups is 2. The van der Waals surface area contributed by atoms with Gasteiger partial charge in [-0.3, -0.25) is 4.79 Å². The number of nitrogens with one attached hydrogen (secondary N) is 1. The van der Waals surface area contributed by atoms with Crippen LogP contribution in [0.15, 0.2) is 40.7 Å². The largest absolute Gasteiger partial charge is 0.497 e. The van der Waals surface area contributed by atoms with Crippen molar-refractivity contribution in [2.75, 3.05) is 27.4 Å². The van der Waals surface area contributed by atoms with Crippen LogP contribution in [-0.4, -0.2) is 45.3 Å². The first-order valence-electron chi connectivity index (χ1n) is 10.8. The predicted octanol–water partition coefficient (Wildman–Crippen LogP) is 3.39. The summed E-state index contributed by atoms with van der Waals surface area (Å²) in [5.74, 6) is 0.242. The third-order valence-electron chi connectivity index (χ3n) is 6.17. The fourth-order valence-electron chi connectivity index (χ4n) is 4.65. The van der Waals surface area contributed by atoms with Gasteiger partial charge in [0, 0.05) is 35.6 Å². The smallest absolute Gasteiger partial charge is 0.336 e. The summed E-state index contributed by atoms with van der Waals surface area (Å²) in [6.45, 7) is 2.75. The molecule has 4 rings (SSSR count). The fourth-order valence-corrected chi connectivity index (χ4v) is 4.65. The molecular formula is C24H29NO6. The molecule has 0 unspecified atom stereocenters. The molecule has 0 aromatic heterocycles. The molecule has 1 aliphatic carbocycles. The molecule has 1 aromatic rings. The van der Waals surface area contributed by atoms with Gasteiger partial charge < -0.3 is 24.3 Å². The standard InChI is InChI=1S/C24H29NO6/c1-14-21(24(27)31-13-16-6-5-11-30-16)22(23-18(25-14)7-4-8-19(23)26)17-12-15(28-2)9-10-20(17)29-3/h9-10,12,16,22,25H,4-8,11,13H2,1-3H3/t16-,22+/m0/s1. The van der Waals surface area contributed by atoms with Gasteiger partial charge in [-0.25, -0.2) is 4.79 Å². The zero-order valence-electron chi connectivity index (χ0n) is 18.3. The molecule has 2 atom stereocenters. The van der Waals surface area contributed by atoms with Crippen LogP contribution in [0.4, 0.5) is 0 Å². The van der Waals surface area contributed by atoms with Gasteiger partial charge in [0.2, 0.25) is 0 Å². The minimum Gasteiger partial charge on any atom is -0.497 e. The maximum atomic E-state index is 13.3. The number of benzene rings is 1. The maximum absolute atomic E-state index is 13.3. The molecule has 7 heteroatoms. The average Bonchev–Trinajstić information content (AvgIpc) is 3.30. The SMILES string of the molecule is COc1ccc(OC)c([C@@H]2C(C(=O)OC[C@@H]3CCCO3)=C(C)NC3=C2C(=O)CCC3)c1. The van der Waals surface area contributed by atoms with Gasteiger partial charge in [0.1, 0.15) is 18.1 Å². The van der Waals surface area contributed by atoms with E-state index in [-0.39, 0.29) is 18.5 Å². The van der Waals surface area contributed by atoms with Gasteiger partial charge in [0.05, 0.1) is 31.8 Å². The number of dihydropyridines is 1. The van der Waals surface area contributed by atoms with Crippen LogP contribution >= 0.6 is 0 Å². The number of Topliss-reactive ketones (excluding diaryl/α,β-unsaturated/α-hetero) is 1. The first-order valence-corrected chi connectivity index (χ1v) is 10.8. The number of ketones is 1. The molecule has 0 bridgehead atoms. The number of rotatable bonds is 6. The van der Waals surface area contributed by atoms with Crippen molar-refractivity contribution in [3.63, 3.8) is 0 Å². The summed E-state index contributed by atoms with van der Waals surface area (Å²) in [5, 5.41) is 3.31. The lowest BCUT2D eigenvalue weighted by Crippen LogP contribution is -2.35. The van der Waals surface area contributed by atoms with E-state index in [1.54, 1.807) is 26.4 Å². The highest BCUT2D eigenvalue weighted by Crippen LogP contribution is 2.46. The van der Waals surface area contributed by atoms with Crippen LogP contribution in [0.5, 0.6) is 11.5 Å². The molecule has 31 heavy (non-hydrogen) atoms. The summed E-state index contributed by atoms with van der Waals surface area (Å²) in [6, 6.07) is 5.43. The van der Waals surface area contributed by atoms with E-state index in [0.717, 1.165) is 36.9 Å². The summed E-state index contributed by atoms with van der Waals surface area (Å²) in [4.78, 5) is 26.3. The van der Waals surface area contributed by atoms with Crippen molar-refractivity contribution < 1.29 is 28.5 Å². The van der Waals surface area contributed by atoms with Crippen molar-refractivity contribution in [2.45, 2.75) is 51.0 Å². The van der Waals surface area contributed by atoms with E-state index >= 15 is 0 Å². The van der Waals surface area contributed by atoms with E-state index in [2.05, 4.69) is 5.32 Å². The molecule has 1 N–H and O–H groups in total. The van der Waals surface area contributed by atoms with Crippen LogP contribution < -0.4 is 14.8 Å². The monoisotopic (exact) mass is 427 g/mol. The number of ether oxygens (including phenoxy) is 4. The van der Waals surface area contributed by atoms with Crippen molar-refractivity contribution in [1.82, 2.24) is 5.32 Å². The second kappa shape index (κ2) is 9.14. The van der Waals surface area contributed by atoms with E-state index in [0.29, 0.717) is 41.4 Å². The highest BCUT2D eigenvalue weighted by Gasteiger charge is 2.40. The van der Waals surface area contributed by atoms with E-state index < -0.39 is 11.9 Å². The van der Waals surface area contributed by atoms with Crippen LogP contribution in [0.1, 0.15) is 50.5 Å². The van der Waals surface area contributed by atoms with Gasteiger partial charge in [0.15, 0.2) is 5.78 Å². The predicted molar refractivity (Wildman–Crippen MR) is 114 cm³/mol. The second-order valence-electron chi connectivity index (χ2n) is 8.11. The molecule has 1 fully saturated rings. The van der Waals surface area contributed by atoms with E-state index in [4.69, 9.17) is 18.9 Å². The number of carbonyl (C=O) groups excluding carboxylic acids is 2. The molecule has 0 spiro atoms. The minimum atomic E-state index is -0.578. The zero-order chi connectivity index (χ0) is 22.0. The second-order valence-corrected chi connectivity index (χ2v) is 8.11. The van der Waals surface area contributed by atoms with Crippen molar-refractivity contribution >= 4 is 11.8 Å². The number of methoxy groups -OCH3 is 2. The number of esters is 1. The highest BCUT2D eigenvalue weighted by atomic mass is 16.6. The third kappa shape index (κ3) is 4.19. The third-order valence-corrected chi connectivity index (χ3v) is 6.17. The van der Waals surface area contributed by atoms with Crippen LogP contribution in [0.2, 0.25) is 0 Å². The van der Waals surface area contributed by atoms with Gasteiger partial charge >= 0.3 is 5.97 Å². The van der Waals surface area contributed by atoms with E-state index in [1.807, 2.05) is 13.0 Å². The van der Waals surface area contributed by atoms with E-state index in [1.165, 1.54) is 0 Å². The summed E-state index contributed by atoms with van der Waals surface area (Å²) < 4.78 is 22.3. The van der Waals surface area contributed by atoms with Gasteiger partial charge in [0.25, 0.3) is 0 Å². The molecule has 1 aromatic carbocycles. The Morgan fingerprint density at radius 3 is 2.74 bits per heavy atom. The Kier molecular flexibility index (Phi) is 6.32. The zero-order valence-corrected chi connectivity index (χ0v) is 18.3. The minimum absolute atomic E-state index is 0.0422. The van der Waals surface area contributed by atoms with Gasteiger partial charge in [-0.2, -0.15) is 0 Å².